The van der Waals surface area contributed by atoms with Gasteiger partial charge in [0.05, 0.1) is 0 Å². The molecule has 3 heteroatoms. The van der Waals surface area contributed by atoms with E-state index in [1.807, 2.05) is 17.1 Å². The van der Waals surface area contributed by atoms with Gasteiger partial charge in [-0.25, -0.2) is 0 Å². The molecular weight excluding hydrogens is 279 g/mol. The van der Waals surface area contributed by atoms with Gasteiger partial charge in [0.25, 0.3) is 0 Å². The van der Waals surface area contributed by atoms with Crippen LogP contribution in [0, 0.1) is 0 Å². The van der Waals surface area contributed by atoms with Crippen LogP contribution in [-0.2, 0) is 4.79 Å². The molecule has 0 fully saturated rings. The predicted octanol–water partition coefficient (Wildman–Crippen LogP) is 2.98. The van der Waals surface area contributed by atoms with Gasteiger partial charge in [0.2, 0.25) is 0 Å². The maximum atomic E-state index is 11.0. The molecule has 0 unspecified atom stereocenters. The van der Waals surface area contributed by atoms with Crippen LogP contribution in [0.4, 0.5) is 0 Å². The molecule has 3 rings (SSSR count). The van der Waals surface area contributed by atoms with Crippen molar-refractivity contribution >= 4 is 40.9 Å². The third kappa shape index (κ3) is 1.88. The number of hydrogen-bond acceptors (Lipinski definition) is 2. The summed E-state index contributed by atoms with van der Waals surface area (Å²) in [5, 5.41) is 3.49. The topological polar surface area (TPSA) is 26.3 Å². The third-order valence-corrected chi connectivity index (χ3v) is 4.60. The van der Waals surface area contributed by atoms with E-state index < -0.39 is 0 Å². The van der Waals surface area contributed by atoms with Crippen molar-refractivity contribution in [3.63, 3.8) is 0 Å². The Morgan fingerprint density at radius 2 is 1.88 bits per heavy atom. The van der Waals surface area contributed by atoms with Gasteiger partial charge in [0, 0.05) is 0 Å². The molecule has 0 aliphatic heterocycles. The Kier molecular flexibility index (Phi) is 2.50. The monoisotopic (exact) mass is 290 g/mol. The second-order valence-corrected chi connectivity index (χ2v) is 5.80. The van der Waals surface area contributed by atoms with E-state index in [1.54, 1.807) is 0 Å². The molecule has 0 aliphatic carbocycles. The summed E-state index contributed by atoms with van der Waals surface area (Å²) in [4.78, 5) is 13.0. The van der Waals surface area contributed by atoms with Crippen molar-refractivity contribution in [2.24, 2.45) is 0 Å². The number of fused-ring (bicyclic) bond motifs is 2. The molecule has 0 N–H and O–H groups in total. The van der Waals surface area contributed by atoms with E-state index in [-0.39, 0.29) is 20.5 Å². The van der Waals surface area contributed by atoms with Crippen LogP contribution in [0.25, 0.3) is 20.4 Å². The minimum absolute atomic E-state index is 0.256. The molecule has 0 spiro atoms. The number of hydrogen-bond donors (Lipinski definition) is 0. The molecule has 1 heterocycles. The van der Waals surface area contributed by atoms with Crippen molar-refractivity contribution in [1.29, 1.82) is 0 Å². The van der Waals surface area contributed by atoms with Gasteiger partial charge in [-0.05, 0) is 0 Å². The molecule has 0 radical (unpaired) electrons. The first-order valence-corrected chi connectivity index (χ1v) is 7.17. The summed E-state index contributed by atoms with van der Waals surface area (Å²) in [7, 11) is 0. The van der Waals surface area contributed by atoms with Crippen LogP contribution in [0.3, 0.4) is 0 Å². The summed E-state index contributed by atoms with van der Waals surface area (Å²) in [6.07, 6.45) is 0. The summed E-state index contributed by atoms with van der Waals surface area (Å²) in [6.45, 7) is 1.44. The van der Waals surface area contributed by atoms with E-state index in [0.717, 1.165) is 11.1 Å². The minimum atomic E-state index is -0.256. The van der Waals surface area contributed by atoms with E-state index in [2.05, 4.69) is 24.3 Å². The van der Waals surface area contributed by atoms with Crippen molar-refractivity contribution in [2.75, 3.05) is 0 Å². The zero-order chi connectivity index (χ0) is 11.8. The Morgan fingerprint density at radius 3 is 2.59 bits per heavy atom. The molecule has 0 amide bonds. The summed E-state index contributed by atoms with van der Waals surface area (Å²) in [6, 6.07) is 12.5. The molecule has 3 aromatic rings. The Morgan fingerprint density at radius 1 is 1.18 bits per heavy atom. The Labute approximate surface area is 105 Å². The van der Waals surface area contributed by atoms with Gasteiger partial charge in [-0.1, -0.05) is 0 Å². The summed E-state index contributed by atoms with van der Waals surface area (Å²) in [5.41, 5.74) is 0. The number of ether oxygens (including phenoxy) is 1. The average Bonchev–Trinajstić information content (AvgIpc) is 2.68. The van der Waals surface area contributed by atoms with Gasteiger partial charge in [0.15, 0.2) is 0 Å². The second-order valence-electron chi connectivity index (χ2n) is 3.89. The van der Waals surface area contributed by atoms with E-state index >= 15 is 0 Å². The Bertz CT molecular complexity index is 712. The van der Waals surface area contributed by atoms with E-state index in [4.69, 9.17) is 4.74 Å². The molecule has 0 aliphatic rings. The van der Waals surface area contributed by atoms with Crippen molar-refractivity contribution in [2.45, 2.75) is 6.92 Å². The zero-order valence-corrected chi connectivity index (χ0v) is 11.0. The Hall–Kier alpha value is -1.57. The number of benzene rings is 2. The molecule has 1 aromatic heterocycles. The standard InChI is InChI=1S/C14H10O2Se/c1-9(15)16-13-8-17-14-7-11-5-3-2-4-10(11)6-12(13)14/h2-8H,1H3. The first-order valence-electron chi connectivity index (χ1n) is 5.32. The summed E-state index contributed by atoms with van der Waals surface area (Å²) < 4.78 is 6.51. The number of carbonyl (C=O) groups is 1. The Balaban J connectivity index is 2.27. The summed E-state index contributed by atoms with van der Waals surface area (Å²) in [5.74, 6) is 0.464. The molecule has 0 bridgehead atoms. The van der Waals surface area contributed by atoms with Crippen LogP contribution in [0.2, 0.25) is 0 Å². The fraction of sp³-hybridized carbons (Fsp3) is 0.0714. The summed E-state index contributed by atoms with van der Waals surface area (Å²) >= 11 is 0.268. The maximum absolute atomic E-state index is 11.0. The first kappa shape index (κ1) is 10.6. The SMILES string of the molecule is CC(=O)Oc1c[se]c2cc3ccccc3cc12. The third-order valence-electron chi connectivity index (χ3n) is 2.66. The van der Waals surface area contributed by atoms with Crippen molar-refractivity contribution in [3.05, 3.63) is 41.3 Å². The molecular formula is C14H10O2Se. The fourth-order valence-corrected chi connectivity index (χ4v) is 3.79. The van der Waals surface area contributed by atoms with Crippen LogP contribution in [0.1, 0.15) is 6.92 Å². The average molecular weight is 289 g/mol. The van der Waals surface area contributed by atoms with E-state index in [0.29, 0.717) is 0 Å². The number of rotatable bonds is 1. The normalized spacial score (nSPS) is 10.9. The van der Waals surface area contributed by atoms with Crippen molar-refractivity contribution in [1.82, 2.24) is 0 Å². The van der Waals surface area contributed by atoms with Crippen LogP contribution in [0.15, 0.2) is 41.3 Å². The van der Waals surface area contributed by atoms with Gasteiger partial charge >= 0.3 is 104 Å². The fourth-order valence-electron chi connectivity index (χ4n) is 1.92. The van der Waals surface area contributed by atoms with Gasteiger partial charge < -0.3 is 0 Å². The zero-order valence-electron chi connectivity index (χ0n) is 9.27. The molecule has 0 saturated carbocycles. The van der Waals surface area contributed by atoms with Gasteiger partial charge in [0.1, 0.15) is 0 Å². The predicted molar refractivity (Wildman–Crippen MR) is 69.7 cm³/mol. The number of carbonyl (C=O) groups excluding carboxylic acids is 1. The number of esters is 1. The molecule has 0 saturated heterocycles. The van der Waals surface area contributed by atoms with Gasteiger partial charge in [-0.15, -0.1) is 0 Å². The van der Waals surface area contributed by atoms with Gasteiger partial charge in [-0.2, -0.15) is 0 Å². The van der Waals surface area contributed by atoms with Crippen LogP contribution in [0.5, 0.6) is 5.75 Å². The first-order chi connectivity index (χ1) is 8.24. The molecule has 84 valence electrons. The quantitative estimate of drug-likeness (QED) is 0.508. The van der Waals surface area contributed by atoms with Crippen molar-refractivity contribution < 1.29 is 9.53 Å². The van der Waals surface area contributed by atoms with E-state index in [9.17, 15) is 4.79 Å². The van der Waals surface area contributed by atoms with Gasteiger partial charge in [-0.3, -0.25) is 0 Å². The van der Waals surface area contributed by atoms with Crippen LogP contribution in [-0.4, -0.2) is 20.5 Å². The van der Waals surface area contributed by atoms with Crippen LogP contribution < -0.4 is 4.74 Å². The molecule has 17 heavy (non-hydrogen) atoms. The second kappa shape index (κ2) is 4.02. The van der Waals surface area contributed by atoms with E-state index in [1.165, 1.54) is 22.0 Å². The molecule has 2 aromatic carbocycles. The van der Waals surface area contributed by atoms with Crippen LogP contribution >= 0.6 is 0 Å². The van der Waals surface area contributed by atoms with Crippen molar-refractivity contribution in [3.8, 4) is 5.75 Å². The molecule has 0 atom stereocenters. The molecule has 2 nitrogen and oxygen atoms in total.